The highest BCUT2D eigenvalue weighted by Crippen LogP contribution is 2.36. The van der Waals surface area contributed by atoms with E-state index in [0.717, 1.165) is 5.35 Å². The van der Waals surface area contributed by atoms with E-state index in [1.165, 1.54) is 54.1 Å². The molecule has 3 nitrogen and oxygen atoms in total. The van der Waals surface area contributed by atoms with Crippen molar-refractivity contribution in [1.29, 1.82) is 0 Å². The summed E-state index contributed by atoms with van der Waals surface area (Å²) in [6, 6.07) is 10.6. The lowest BCUT2D eigenvalue weighted by molar-refractivity contribution is -0.132. The van der Waals surface area contributed by atoms with Crippen LogP contribution >= 0.6 is 0 Å². The number of carboxylic acid groups (broad SMARTS) is 1. The molecule has 1 aromatic heterocycles. The van der Waals surface area contributed by atoms with Gasteiger partial charge in [0.25, 0.3) is 0 Å². The van der Waals surface area contributed by atoms with E-state index in [9.17, 15) is 9.90 Å². The minimum atomic E-state index is -0.826. The Balaban J connectivity index is 1.99. The number of benzene rings is 1. The van der Waals surface area contributed by atoms with Crippen molar-refractivity contribution in [1.82, 2.24) is 4.57 Å². The first-order valence-electron chi connectivity index (χ1n) is 9.55. The van der Waals surface area contributed by atoms with Crippen molar-refractivity contribution >= 4 is 18.1 Å². The summed E-state index contributed by atoms with van der Waals surface area (Å²) in [6.07, 6.45) is 12.7. The van der Waals surface area contributed by atoms with Crippen molar-refractivity contribution in [2.24, 2.45) is 7.05 Å². The molecule has 2 aliphatic rings. The highest BCUT2D eigenvalue weighted by molar-refractivity contribution is 5.89. The molecule has 0 spiro atoms. The number of hydrogen-bond acceptors (Lipinski definition) is 1. The molecular weight excluding hydrogens is 322 g/mol. The summed E-state index contributed by atoms with van der Waals surface area (Å²) in [5.41, 5.74) is 4.40. The molecule has 0 saturated heterocycles. The van der Waals surface area contributed by atoms with Crippen LogP contribution in [0, 0.1) is 0 Å². The van der Waals surface area contributed by atoms with Gasteiger partial charge in [-0.05, 0) is 36.3 Å². The third kappa shape index (κ3) is 2.92. The number of carboxylic acids is 1. The first-order valence-corrected chi connectivity index (χ1v) is 9.55. The molecule has 134 valence electrons. The van der Waals surface area contributed by atoms with Gasteiger partial charge in [-0.2, -0.15) is 0 Å². The second-order valence-corrected chi connectivity index (χ2v) is 7.39. The normalized spacial score (nSPS) is 17.5. The minimum absolute atomic E-state index is 0.456. The molecule has 0 bridgehead atoms. The van der Waals surface area contributed by atoms with Gasteiger partial charge in [0.05, 0.1) is 5.69 Å². The molecule has 1 fully saturated rings. The Bertz CT molecular complexity index is 973. The van der Waals surface area contributed by atoms with E-state index >= 15 is 0 Å². The van der Waals surface area contributed by atoms with E-state index in [1.54, 1.807) is 6.08 Å². The average molecular weight is 347 g/mol. The number of hydrogen-bond donors (Lipinski definition) is 1. The van der Waals surface area contributed by atoms with Crippen molar-refractivity contribution < 1.29 is 9.90 Å². The van der Waals surface area contributed by atoms with Crippen LogP contribution in [0.3, 0.4) is 0 Å². The lowest BCUT2D eigenvalue weighted by Crippen LogP contribution is -2.29. The second-order valence-electron chi connectivity index (χ2n) is 7.39. The molecule has 0 radical (unpaired) electrons. The van der Waals surface area contributed by atoms with Crippen molar-refractivity contribution in [3.8, 4) is 11.3 Å². The van der Waals surface area contributed by atoms with Crippen LogP contribution < -0.4 is 10.6 Å². The maximum atomic E-state index is 11.4. The largest absolute Gasteiger partial charge is 0.478 e. The number of allylic oxidation sites excluding steroid dienone is 1. The van der Waals surface area contributed by atoms with Crippen molar-refractivity contribution in [3.05, 3.63) is 58.1 Å². The van der Waals surface area contributed by atoms with E-state index in [-0.39, 0.29) is 0 Å². The predicted molar refractivity (Wildman–Crippen MR) is 105 cm³/mol. The summed E-state index contributed by atoms with van der Waals surface area (Å²) in [6.45, 7) is 0. The smallest absolute Gasteiger partial charge is 0.331 e. The number of aromatic nitrogens is 1. The first-order chi connectivity index (χ1) is 12.7. The maximum Gasteiger partial charge on any atom is 0.331 e. The average Bonchev–Trinajstić information content (AvgIpc) is 2.82. The summed E-state index contributed by atoms with van der Waals surface area (Å²) >= 11 is 0. The van der Waals surface area contributed by atoms with Gasteiger partial charge in [-0.1, -0.05) is 67.8 Å². The Labute approximate surface area is 154 Å². The third-order valence-electron chi connectivity index (χ3n) is 5.82. The van der Waals surface area contributed by atoms with Crippen LogP contribution in [0.4, 0.5) is 0 Å². The monoisotopic (exact) mass is 347 g/mol. The van der Waals surface area contributed by atoms with Crippen LogP contribution in [-0.4, -0.2) is 15.6 Å². The zero-order valence-corrected chi connectivity index (χ0v) is 15.2. The van der Waals surface area contributed by atoms with Crippen LogP contribution in [-0.2, 0) is 11.8 Å². The first kappa shape index (κ1) is 16.9. The Morgan fingerprint density at radius 2 is 1.81 bits per heavy atom. The molecule has 3 heteroatoms. The van der Waals surface area contributed by atoms with Crippen molar-refractivity contribution in [3.63, 3.8) is 0 Å². The molecule has 1 N–H and O–H groups in total. The van der Waals surface area contributed by atoms with E-state index in [4.69, 9.17) is 0 Å². The molecule has 0 unspecified atom stereocenters. The summed E-state index contributed by atoms with van der Waals surface area (Å²) in [5, 5.41) is 11.8. The molecule has 0 atom stereocenters. The van der Waals surface area contributed by atoms with Crippen LogP contribution in [0.15, 0.2) is 42.0 Å². The van der Waals surface area contributed by atoms with Crippen molar-refractivity contribution in [2.45, 2.75) is 44.4 Å². The standard InChI is InChI=1S/C23H25NO2/c1-24-20-15-13-18(23(25)26)12-14-19(20)21(16-8-4-2-5-9-16)22(24)17-10-6-3-7-11-17/h3,6-7,10-12,14-16H,2,4-5,8-9,13H2,1H3,(H,25,26). The van der Waals surface area contributed by atoms with Gasteiger partial charge in [-0.25, -0.2) is 4.79 Å². The molecule has 0 amide bonds. The van der Waals surface area contributed by atoms with Gasteiger partial charge in [0, 0.05) is 23.2 Å². The van der Waals surface area contributed by atoms with E-state index in [2.05, 4.69) is 48.0 Å². The van der Waals surface area contributed by atoms with Gasteiger partial charge in [0.1, 0.15) is 0 Å². The van der Waals surface area contributed by atoms with Gasteiger partial charge in [-0.3, -0.25) is 0 Å². The lowest BCUT2D eigenvalue weighted by Gasteiger charge is -2.23. The van der Waals surface area contributed by atoms with E-state index in [0.29, 0.717) is 17.9 Å². The molecule has 4 rings (SSSR count). The van der Waals surface area contributed by atoms with Crippen molar-refractivity contribution in [2.75, 3.05) is 0 Å². The molecule has 1 heterocycles. The SMILES string of the molecule is Cn1c(-c2ccccc2)c(C2CCCCC2)c2c1=CCC(C(=O)O)=CC=2. The number of carbonyl (C=O) groups is 1. The summed E-state index contributed by atoms with van der Waals surface area (Å²) in [7, 11) is 2.11. The van der Waals surface area contributed by atoms with E-state index < -0.39 is 5.97 Å². The molecule has 2 aliphatic carbocycles. The summed E-state index contributed by atoms with van der Waals surface area (Å²) < 4.78 is 2.27. The Kier molecular flexibility index (Phi) is 4.54. The van der Waals surface area contributed by atoms with Crippen LogP contribution in [0.25, 0.3) is 23.4 Å². The second kappa shape index (κ2) is 6.99. The molecule has 1 saturated carbocycles. The third-order valence-corrected chi connectivity index (χ3v) is 5.82. The van der Waals surface area contributed by atoms with Gasteiger partial charge in [0.2, 0.25) is 0 Å². The fourth-order valence-corrected chi connectivity index (χ4v) is 4.54. The molecule has 26 heavy (non-hydrogen) atoms. The molecule has 2 aromatic rings. The topological polar surface area (TPSA) is 42.2 Å². The fraction of sp³-hybridized carbons (Fsp3) is 0.348. The van der Waals surface area contributed by atoms with Gasteiger partial charge in [0.15, 0.2) is 0 Å². The zero-order chi connectivity index (χ0) is 18.1. The van der Waals surface area contributed by atoms with Gasteiger partial charge >= 0.3 is 5.97 Å². The molecular formula is C23H25NO2. The summed E-state index contributed by atoms with van der Waals surface area (Å²) in [5.74, 6) is -0.272. The Morgan fingerprint density at radius 1 is 1.08 bits per heavy atom. The molecule has 0 aliphatic heterocycles. The molecule has 1 aromatic carbocycles. The Hall–Kier alpha value is -2.55. The lowest BCUT2D eigenvalue weighted by atomic mass is 9.82. The van der Waals surface area contributed by atoms with Crippen LogP contribution in [0.1, 0.15) is 50.0 Å². The van der Waals surface area contributed by atoms with E-state index in [1.807, 2.05) is 6.08 Å². The zero-order valence-electron chi connectivity index (χ0n) is 15.2. The number of nitrogens with zero attached hydrogens (tertiary/aromatic N) is 1. The number of fused-ring (bicyclic) bond motifs is 1. The maximum absolute atomic E-state index is 11.4. The highest BCUT2D eigenvalue weighted by Gasteiger charge is 2.24. The number of aliphatic carboxylic acids is 1. The predicted octanol–water partition coefficient (Wildman–Crippen LogP) is 3.72. The van der Waals surface area contributed by atoms with Crippen LogP contribution in [0.2, 0.25) is 0 Å². The Morgan fingerprint density at radius 3 is 2.50 bits per heavy atom. The quantitative estimate of drug-likeness (QED) is 0.919. The van der Waals surface area contributed by atoms with Crippen LogP contribution in [0.5, 0.6) is 0 Å². The fourth-order valence-electron chi connectivity index (χ4n) is 4.54. The van der Waals surface area contributed by atoms with Gasteiger partial charge < -0.3 is 9.67 Å². The number of rotatable bonds is 3. The van der Waals surface area contributed by atoms with Gasteiger partial charge in [-0.15, -0.1) is 0 Å². The minimum Gasteiger partial charge on any atom is -0.478 e. The summed E-state index contributed by atoms with van der Waals surface area (Å²) in [4.78, 5) is 11.4. The highest BCUT2D eigenvalue weighted by atomic mass is 16.4.